The van der Waals surface area contributed by atoms with Gasteiger partial charge in [0.15, 0.2) is 0 Å². The standard InChI is InChI=1S/C9H17NO2/c1-10-6-2-3-8(10)7(5-11)9(12)4-6/h6-9,11-12H,2-5H2,1H3/t6-,7-,8+,9-/m1/s1. The SMILES string of the molecule is CN1[C@@H]2CC[C@H]1[C@@H](CO)[C@H](O)C2. The second kappa shape index (κ2) is 2.98. The molecule has 0 saturated carbocycles. The van der Waals surface area contributed by atoms with Crippen molar-refractivity contribution in [2.75, 3.05) is 13.7 Å². The lowest BCUT2D eigenvalue weighted by molar-refractivity contribution is -0.0300. The Bertz CT molecular complexity index is 174. The Morgan fingerprint density at radius 2 is 2.17 bits per heavy atom. The molecule has 2 aliphatic rings. The van der Waals surface area contributed by atoms with Crippen LogP contribution in [0.5, 0.6) is 0 Å². The van der Waals surface area contributed by atoms with Crippen molar-refractivity contribution in [1.82, 2.24) is 4.90 Å². The van der Waals surface area contributed by atoms with E-state index in [1.807, 2.05) is 0 Å². The van der Waals surface area contributed by atoms with Gasteiger partial charge in [-0.15, -0.1) is 0 Å². The van der Waals surface area contributed by atoms with Crippen LogP contribution < -0.4 is 0 Å². The summed E-state index contributed by atoms with van der Waals surface area (Å²) in [5, 5.41) is 18.8. The van der Waals surface area contributed by atoms with E-state index in [4.69, 9.17) is 5.11 Å². The molecule has 3 heteroatoms. The fraction of sp³-hybridized carbons (Fsp3) is 1.00. The molecule has 0 amide bonds. The fourth-order valence-corrected chi connectivity index (χ4v) is 2.79. The largest absolute Gasteiger partial charge is 0.396 e. The molecule has 0 radical (unpaired) electrons. The van der Waals surface area contributed by atoms with E-state index in [0.717, 1.165) is 12.8 Å². The maximum Gasteiger partial charge on any atom is 0.0620 e. The van der Waals surface area contributed by atoms with E-state index in [1.165, 1.54) is 6.42 Å². The van der Waals surface area contributed by atoms with Crippen molar-refractivity contribution in [2.45, 2.75) is 37.5 Å². The average Bonchev–Trinajstić information content (AvgIpc) is 2.34. The van der Waals surface area contributed by atoms with E-state index in [0.29, 0.717) is 12.1 Å². The Kier molecular flexibility index (Phi) is 2.10. The van der Waals surface area contributed by atoms with Gasteiger partial charge >= 0.3 is 0 Å². The van der Waals surface area contributed by atoms with E-state index in [-0.39, 0.29) is 18.6 Å². The molecule has 12 heavy (non-hydrogen) atoms. The molecule has 0 aromatic heterocycles. The second-order valence-electron chi connectivity index (χ2n) is 4.11. The van der Waals surface area contributed by atoms with Crippen LogP contribution in [0.15, 0.2) is 0 Å². The van der Waals surface area contributed by atoms with Gasteiger partial charge in [0, 0.05) is 24.6 Å². The summed E-state index contributed by atoms with van der Waals surface area (Å²) in [6.45, 7) is 0.128. The summed E-state index contributed by atoms with van der Waals surface area (Å²) in [4.78, 5) is 2.33. The maximum atomic E-state index is 9.68. The average molecular weight is 171 g/mol. The third-order valence-corrected chi connectivity index (χ3v) is 3.61. The van der Waals surface area contributed by atoms with Gasteiger partial charge in [0.05, 0.1) is 6.10 Å². The van der Waals surface area contributed by atoms with Gasteiger partial charge in [0.2, 0.25) is 0 Å². The Labute approximate surface area is 73.0 Å². The second-order valence-corrected chi connectivity index (χ2v) is 4.11. The summed E-state index contributed by atoms with van der Waals surface area (Å²) in [6.07, 6.45) is 2.90. The maximum absolute atomic E-state index is 9.68. The Morgan fingerprint density at radius 1 is 1.42 bits per heavy atom. The van der Waals surface area contributed by atoms with Crippen molar-refractivity contribution >= 4 is 0 Å². The molecule has 2 N–H and O–H groups in total. The fourth-order valence-electron chi connectivity index (χ4n) is 2.79. The van der Waals surface area contributed by atoms with Crippen molar-refractivity contribution < 1.29 is 10.2 Å². The first-order chi connectivity index (χ1) is 5.74. The summed E-state index contributed by atoms with van der Waals surface area (Å²) >= 11 is 0. The van der Waals surface area contributed by atoms with E-state index >= 15 is 0 Å². The van der Waals surface area contributed by atoms with Crippen molar-refractivity contribution in [2.24, 2.45) is 5.92 Å². The molecule has 2 heterocycles. The van der Waals surface area contributed by atoms with Crippen LogP contribution in [0.3, 0.4) is 0 Å². The predicted molar refractivity (Wildman–Crippen MR) is 45.8 cm³/mol. The van der Waals surface area contributed by atoms with Crippen LogP contribution in [0.2, 0.25) is 0 Å². The molecular weight excluding hydrogens is 154 g/mol. The van der Waals surface area contributed by atoms with Crippen LogP contribution in [0.4, 0.5) is 0 Å². The van der Waals surface area contributed by atoms with E-state index in [9.17, 15) is 5.11 Å². The zero-order valence-electron chi connectivity index (χ0n) is 7.48. The zero-order valence-corrected chi connectivity index (χ0v) is 7.48. The molecule has 70 valence electrons. The zero-order chi connectivity index (χ0) is 8.72. The quantitative estimate of drug-likeness (QED) is 0.575. The summed E-state index contributed by atoms with van der Waals surface area (Å²) in [5.41, 5.74) is 0. The minimum Gasteiger partial charge on any atom is -0.396 e. The van der Waals surface area contributed by atoms with Crippen molar-refractivity contribution in [3.05, 3.63) is 0 Å². The highest BCUT2D eigenvalue weighted by molar-refractivity contribution is 4.98. The molecule has 0 aliphatic carbocycles. The third kappa shape index (κ3) is 1.08. The number of rotatable bonds is 1. The molecule has 2 saturated heterocycles. The first-order valence-corrected chi connectivity index (χ1v) is 4.75. The molecule has 0 spiro atoms. The monoisotopic (exact) mass is 171 g/mol. The number of aliphatic hydroxyl groups is 2. The highest BCUT2D eigenvalue weighted by Gasteiger charge is 2.44. The van der Waals surface area contributed by atoms with E-state index in [1.54, 1.807) is 0 Å². The molecular formula is C9H17NO2. The topological polar surface area (TPSA) is 43.7 Å². The lowest BCUT2D eigenvalue weighted by Crippen LogP contribution is -2.50. The number of aliphatic hydroxyl groups excluding tert-OH is 2. The lowest BCUT2D eigenvalue weighted by Gasteiger charge is -2.39. The molecule has 2 rings (SSSR count). The first-order valence-electron chi connectivity index (χ1n) is 4.75. The van der Waals surface area contributed by atoms with Crippen molar-refractivity contribution in [3.63, 3.8) is 0 Å². The van der Waals surface area contributed by atoms with Crippen molar-refractivity contribution in [1.29, 1.82) is 0 Å². The Morgan fingerprint density at radius 3 is 2.83 bits per heavy atom. The molecule has 0 aromatic rings. The number of piperidine rings is 1. The normalized spacial score (nSPS) is 48.2. The molecule has 0 unspecified atom stereocenters. The first kappa shape index (κ1) is 8.48. The summed E-state index contributed by atoms with van der Waals surface area (Å²) in [7, 11) is 2.11. The molecule has 2 fully saturated rings. The van der Waals surface area contributed by atoms with Crippen molar-refractivity contribution in [3.8, 4) is 0 Å². The third-order valence-electron chi connectivity index (χ3n) is 3.61. The van der Waals surface area contributed by atoms with Gasteiger partial charge in [-0.1, -0.05) is 0 Å². The summed E-state index contributed by atoms with van der Waals surface area (Å²) < 4.78 is 0. The highest BCUT2D eigenvalue weighted by Crippen LogP contribution is 2.37. The number of nitrogens with zero attached hydrogens (tertiary/aromatic N) is 1. The van der Waals surface area contributed by atoms with E-state index in [2.05, 4.69) is 11.9 Å². The van der Waals surface area contributed by atoms with Gasteiger partial charge in [0.1, 0.15) is 0 Å². The number of hydrogen-bond donors (Lipinski definition) is 2. The smallest absolute Gasteiger partial charge is 0.0620 e. The van der Waals surface area contributed by atoms with Crippen LogP contribution in [0.1, 0.15) is 19.3 Å². The van der Waals surface area contributed by atoms with Crippen LogP contribution in [-0.4, -0.2) is 47.0 Å². The molecule has 2 bridgehead atoms. The molecule has 3 nitrogen and oxygen atoms in total. The van der Waals surface area contributed by atoms with Gasteiger partial charge in [-0.05, 0) is 26.3 Å². The lowest BCUT2D eigenvalue weighted by atomic mass is 9.88. The molecule has 2 aliphatic heterocycles. The minimum atomic E-state index is -0.274. The van der Waals surface area contributed by atoms with Crippen LogP contribution in [0, 0.1) is 5.92 Å². The van der Waals surface area contributed by atoms with Crippen LogP contribution in [0.25, 0.3) is 0 Å². The highest BCUT2D eigenvalue weighted by atomic mass is 16.3. The summed E-state index contributed by atoms with van der Waals surface area (Å²) in [6, 6.07) is 0.983. The summed E-state index contributed by atoms with van der Waals surface area (Å²) in [5.74, 6) is 0.0914. The van der Waals surface area contributed by atoms with Gasteiger partial charge in [-0.25, -0.2) is 0 Å². The Balaban J connectivity index is 2.14. The molecule has 0 aromatic carbocycles. The predicted octanol–water partition coefficient (Wildman–Crippen LogP) is -0.178. The van der Waals surface area contributed by atoms with E-state index < -0.39 is 0 Å². The molecule has 4 atom stereocenters. The van der Waals surface area contributed by atoms with Gasteiger partial charge < -0.3 is 10.2 Å². The van der Waals surface area contributed by atoms with Gasteiger partial charge in [0.25, 0.3) is 0 Å². The van der Waals surface area contributed by atoms with Crippen LogP contribution >= 0.6 is 0 Å². The number of fused-ring (bicyclic) bond motifs is 2. The van der Waals surface area contributed by atoms with Gasteiger partial charge in [-0.2, -0.15) is 0 Å². The van der Waals surface area contributed by atoms with Crippen LogP contribution in [-0.2, 0) is 0 Å². The Hall–Kier alpha value is -0.120. The number of hydrogen-bond acceptors (Lipinski definition) is 3. The van der Waals surface area contributed by atoms with Gasteiger partial charge in [-0.3, -0.25) is 4.90 Å². The minimum absolute atomic E-state index is 0.0914.